The number of pyridine rings is 1. The molecule has 2 heterocycles. The highest BCUT2D eigenvalue weighted by molar-refractivity contribution is 5.88. The van der Waals surface area contributed by atoms with Gasteiger partial charge in [-0.2, -0.15) is 0 Å². The number of halogens is 2. The van der Waals surface area contributed by atoms with E-state index in [1.165, 1.54) is 0 Å². The summed E-state index contributed by atoms with van der Waals surface area (Å²) in [6, 6.07) is 8.55. The van der Waals surface area contributed by atoms with E-state index in [1.54, 1.807) is 13.3 Å². The Morgan fingerprint density at radius 2 is 1.82 bits per heavy atom. The molecular formula is C29H35F2N3O5. The molecule has 1 saturated heterocycles. The van der Waals surface area contributed by atoms with Crippen LogP contribution in [0, 0.1) is 17.0 Å². The Kier molecular flexibility index (Phi) is 8.87. The number of benzene rings is 2. The zero-order valence-electron chi connectivity index (χ0n) is 22.5. The lowest BCUT2D eigenvalue weighted by atomic mass is 9.74. The van der Waals surface area contributed by atoms with Crippen molar-refractivity contribution >= 4 is 22.6 Å². The van der Waals surface area contributed by atoms with Crippen LogP contribution in [0.3, 0.4) is 0 Å². The Bertz CT molecular complexity index is 1290. The average Bonchev–Trinajstić information content (AvgIpc) is 2.90. The molecule has 0 aliphatic carbocycles. The maximum absolute atomic E-state index is 13.4. The Labute approximate surface area is 226 Å². The SMILES string of the molecule is COc1ccc2ncc(N(C)C)c([C@H](O)CCC3(C(=O)O)CCN(CCOc4cc(F)cc(F)c4)CC3)c2c1. The number of anilines is 1. The number of likely N-dealkylation sites (tertiary alicyclic amines) is 1. The highest BCUT2D eigenvalue weighted by Gasteiger charge is 2.41. The van der Waals surface area contributed by atoms with Crippen LogP contribution in [0.4, 0.5) is 14.5 Å². The number of carbonyl (C=O) groups is 1. The minimum Gasteiger partial charge on any atom is -0.497 e. The molecule has 0 unspecified atom stereocenters. The van der Waals surface area contributed by atoms with Crippen LogP contribution in [0.25, 0.3) is 10.9 Å². The van der Waals surface area contributed by atoms with Crippen LogP contribution in [0.15, 0.2) is 42.6 Å². The lowest BCUT2D eigenvalue weighted by Crippen LogP contribution is -2.45. The largest absolute Gasteiger partial charge is 0.497 e. The maximum atomic E-state index is 13.4. The summed E-state index contributed by atoms with van der Waals surface area (Å²) >= 11 is 0. The van der Waals surface area contributed by atoms with Crippen LogP contribution in [-0.4, -0.2) is 73.5 Å². The predicted octanol–water partition coefficient (Wildman–Crippen LogP) is 4.65. The van der Waals surface area contributed by atoms with Crippen molar-refractivity contribution in [3.63, 3.8) is 0 Å². The second-order valence-electron chi connectivity index (χ2n) is 10.3. The van der Waals surface area contributed by atoms with Gasteiger partial charge >= 0.3 is 5.97 Å². The van der Waals surface area contributed by atoms with Gasteiger partial charge in [0, 0.05) is 49.8 Å². The third-order valence-electron chi connectivity index (χ3n) is 7.59. The van der Waals surface area contributed by atoms with Crippen LogP contribution in [0.1, 0.15) is 37.4 Å². The summed E-state index contributed by atoms with van der Waals surface area (Å²) < 4.78 is 37.6. The van der Waals surface area contributed by atoms with Crippen molar-refractivity contribution in [2.24, 2.45) is 5.41 Å². The van der Waals surface area contributed by atoms with E-state index < -0.39 is 29.1 Å². The van der Waals surface area contributed by atoms with E-state index in [0.717, 1.165) is 34.8 Å². The van der Waals surface area contributed by atoms with Gasteiger partial charge in [0.2, 0.25) is 0 Å². The van der Waals surface area contributed by atoms with E-state index in [4.69, 9.17) is 9.47 Å². The zero-order chi connectivity index (χ0) is 28.2. The number of rotatable bonds is 11. The quantitative estimate of drug-likeness (QED) is 0.361. The zero-order valence-corrected chi connectivity index (χ0v) is 22.5. The van der Waals surface area contributed by atoms with Crippen molar-refractivity contribution in [1.29, 1.82) is 0 Å². The summed E-state index contributed by atoms with van der Waals surface area (Å²) in [5.74, 6) is -1.50. The molecule has 2 aromatic carbocycles. The molecule has 8 nitrogen and oxygen atoms in total. The molecule has 0 spiro atoms. The first kappa shape index (κ1) is 28.5. The number of hydrogen-bond acceptors (Lipinski definition) is 7. The van der Waals surface area contributed by atoms with E-state index in [9.17, 15) is 23.8 Å². The molecule has 39 heavy (non-hydrogen) atoms. The highest BCUT2D eigenvalue weighted by atomic mass is 19.1. The molecule has 0 bridgehead atoms. The standard InChI is InChI=1S/C29H35F2N3O5/c1-33(2)25-18-32-24-5-4-21(38-3)17-23(24)27(25)26(35)6-7-29(28(36)37)8-10-34(11-9-29)12-13-39-22-15-19(30)14-20(31)16-22/h4-5,14-18,26,35H,6-13H2,1-3H3,(H,36,37)/t26-/m1/s1. The predicted molar refractivity (Wildman–Crippen MR) is 144 cm³/mol. The first-order valence-corrected chi connectivity index (χ1v) is 13.0. The van der Waals surface area contributed by atoms with Crippen LogP contribution in [0.2, 0.25) is 0 Å². The fourth-order valence-corrected chi connectivity index (χ4v) is 5.25. The third-order valence-corrected chi connectivity index (χ3v) is 7.59. The number of methoxy groups -OCH3 is 1. The molecule has 2 N–H and O–H groups in total. The number of aromatic nitrogens is 1. The van der Waals surface area contributed by atoms with E-state index in [0.29, 0.717) is 50.2 Å². The van der Waals surface area contributed by atoms with Crippen LogP contribution in [-0.2, 0) is 4.79 Å². The van der Waals surface area contributed by atoms with Gasteiger partial charge in [-0.05, 0) is 57.0 Å². The lowest BCUT2D eigenvalue weighted by Gasteiger charge is -2.39. The molecular weight excluding hydrogens is 508 g/mol. The molecule has 0 saturated carbocycles. The topological polar surface area (TPSA) is 95.4 Å². The number of aliphatic hydroxyl groups is 1. The molecule has 210 valence electrons. The molecule has 1 atom stereocenters. The first-order chi connectivity index (χ1) is 18.6. The van der Waals surface area contributed by atoms with Gasteiger partial charge in [0.25, 0.3) is 0 Å². The van der Waals surface area contributed by atoms with E-state index in [1.807, 2.05) is 37.2 Å². The van der Waals surface area contributed by atoms with Gasteiger partial charge in [0.15, 0.2) is 0 Å². The number of carboxylic acids is 1. The normalized spacial score (nSPS) is 16.2. The summed E-state index contributed by atoms with van der Waals surface area (Å²) in [5.41, 5.74) is 1.23. The van der Waals surface area contributed by atoms with Gasteiger partial charge in [-0.25, -0.2) is 8.78 Å². The van der Waals surface area contributed by atoms with Gasteiger partial charge in [-0.1, -0.05) is 0 Å². The number of hydrogen-bond donors (Lipinski definition) is 2. The minimum atomic E-state index is -0.956. The van der Waals surface area contributed by atoms with Crippen LogP contribution < -0.4 is 14.4 Å². The van der Waals surface area contributed by atoms with E-state index in [2.05, 4.69) is 9.88 Å². The second-order valence-corrected chi connectivity index (χ2v) is 10.3. The number of carboxylic acid groups (broad SMARTS) is 1. The Balaban J connectivity index is 1.41. The summed E-state index contributed by atoms with van der Waals surface area (Å²) in [4.78, 5) is 20.9. The number of piperidine rings is 1. The maximum Gasteiger partial charge on any atom is 0.309 e. The first-order valence-electron chi connectivity index (χ1n) is 13.0. The number of aliphatic hydroxyl groups excluding tert-OH is 1. The molecule has 1 aliphatic rings. The third kappa shape index (κ3) is 6.57. The fourth-order valence-electron chi connectivity index (χ4n) is 5.25. The fraction of sp³-hybridized carbons (Fsp3) is 0.448. The van der Waals surface area contributed by atoms with Gasteiger partial charge in [0.1, 0.15) is 29.7 Å². The molecule has 1 aromatic heterocycles. The summed E-state index contributed by atoms with van der Waals surface area (Å²) in [5, 5.41) is 22.3. The lowest BCUT2D eigenvalue weighted by molar-refractivity contribution is -0.153. The van der Waals surface area contributed by atoms with Gasteiger partial charge in [-0.15, -0.1) is 0 Å². The number of aliphatic carboxylic acids is 1. The van der Waals surface area contributed by atoms with Gasteiger partial charge in [-0.3, -0.25) is 14.7 Å². The number of fused-ring (bicyclic) bond motifs is 1. The van der Waals surface area contributed by atoms with Crippen molar-refractivity contribution in [3.8, 4) is 11.5 Å². The second kappa shape index (κ2) is 12.1. The minimum absolute atomic E-state index is 0.122. The number of ether oxygens (including phenoxy) is 2. The highest BCUT2D eigenvalue weighted by Crippen LogP contribution is 2.41. The number of nitrogens with zero attached hydrogens (tertiary/aromatic N) is 3. The van der Waals surface area contributed by atoms with Crippen molar-refractivity contribution in [3.05, 3.63) is 59.8 Å². The van der Waals surface area contributed by atoms with Gasteiger partial charge in [0.05, 0.1) is 36.0 Å². The Morgan fingerprint density at radius 1 is 1.13 bits per heavy atom. The molecule has 1 fully saturated rings. The molecule has 0 amide bonds. The van der Waals surface area contributed by atoms with Crippen LogP contribution >= 0.6 is 0 Å². The average molecular weight is 544 g/mol. The van der Waals surface area contributed by atoms with Crippen molar-refractivity contribution < 1.29 is 33.3 Å². The van der Waals surface area contributed by atoms with E-state index >= 15 is 0 Å². The summed E-state index contributed by atoms with van der Waals surface area (Å²) in [6.07, 6.45) is 2.27. The Morgan fingerprint density at radius 3 is 2.44 bits per heavy atom. The van der Waals surface area contributed by atoms with Crippen molar-refractivity contribution in [1.82, 2.24) is 9.88 Å². The van der Waals surface area contributed by atoms with Crippen molar-refractivity contribution in [2.45, 2.75) is 31.8 Å². The van der Waals surface area contributed by atoms with Crippen LogP contribution in [0.5, 0.6) is 11.5 Å². The van der Waals surface area contributed by atoms with E-state index in [-0.39, 0.29) is 18.8 Å². The molecule has 4 rings (SSSR count). The monoisotopic (exact) mass is 543 g/mol. The molecule has 10 heteroatoms. The smallest absolute Gasteiger partial charge is 0.309 e. The summed E-state index contributed by atoms with van der Waals surface area (Å²) in [6.45, 7) is 1.82. The van der Waals surface area contributed by atoms with Gasteiger partial charge < -0.3 is 24.6 Å². The van der Waals surface area contributed by atoms with Crippen molar-refractivity contribution in [2.75, 3.05) is 52.3 Å². The molecule has 3 aromatic rings. The Hall–Kier alpha value is -3.50. The molecule has 1 aliphatic heterocycles. The summed E-state index contributed by atoms with van der Waals surface area (Å²) in [7, 11) is 5.33. The molecule has 0 radical (unpaired) electrons.